The fourth-order valence-electron chi connectivity index (χ4n) is 1.05. The molecule has 0 saturated heterocycles. The van der Waals surface area contributed by atoms with Crippen molar-refractivity contribution in [1.29, 1.82) is 0 Å². The molecule has 13 heavy (non-hydrogen) atoms. The molecule has 0 rings (SSSR count). The Hall–Kier alpha value is -1.09. The minimum absolute atomic E-state index is 0.168. The van der Waals surface area contributed by atoms with Crippen LogP contribution in [0.3, 0.4) is 0 Å². The van der Waals surface area contributed by atoms with E-state index in [0.29, 0.717) is 13.1 Å². The number of carboxylic acid groups (broad SMARTS) is 1. The van der Waals surface area contributed by atoms with Crippen LogP contribution in [0.5, 0.6) is 0 Å². The third-order valence-electron chi connectivity index (χ3n) is 1.52. The Labute approximate surface area is 79.4 Å². The van der Waals surface area contributed by atoms with E-state index in [1.54, 1.807) is 6.08 Å². The largest absolute Gasteiger partial charge is 0.481 e. The second-order valence-electron chi connectivity index (χ2n) is 3.12. The Balaban J connectivity index is 3.85. The van der Waals surface area contributed by atoms with Crippen LogP contribution in [0.2, 0.25) is 0 Å². The van der Waals surface area contributed by atoms with Gasteiger partial charge in [-0.25, -0.2) is 0 Å². The second kappa shape index (κ2) is 6.43. The van der Waals surface area contributed by atoms with Gasteiger partial charge in [0.15, 0.2) is 0 Å². The zero-order valence-electron chi connectivity index (χ0n) is 8.12. The van der Waals surface area contributed by atoms with Gasteiger partial charge in [0.25, 0.3) is 0 Å². The van der Waals surface area contributed by atoms with Gasteiger partial charge in [0.05, 0.1) is 6.42 Å². The van der Waals surface area contributed by atoms with Crippen LogP contribution in [-0.4, -0.2) is 35.6 Å². The second-order valence-corrected chi connectivity index (χ2v) is 3.12. The molecule has 0 amide bonds. The zero-order chi connectivity index (χ0) is 10.3. The van der Waals surface area contributed by atoms with Gasteiger partial charge < -0.3 is 5.11 Å². The highest BCUT2D eigenvalue weighted by atomic mass is 16.4. The summed E-state index contributed by atoms with van der Waals surface area (Å²) in [6, 6.07) is 0. The first-order valence-electron chi connectivity index (χ1n) is 4.25. The van der Waals surface area contributed by atoms with Crippen molar-refractivity contribution in [3.05, 3.63) is 24.8 Å². The fourth-order valence-corrected chi connectivity index (χ4v) is 1.05. The van der Waals surface area contributed by atoms with Gasteiger partial charge in [0.1, 0.15) is 0 Å². The number of aliphatic carboxylic acids is 1. The number of hydrogen-bond donors (Lipinski definition) is 1. The summed E-state index contributed by atoms with van der Waals surface area (Å²) in [6.45, 7) is 11.3. The molecule has 0 unspecified atom stereocenters. The summed E-state index contributed by atoms with van der Waals surface area (Å²) in [7, 11) is 0. The molecule has 0 atom stereocenters. The van der Waals surface area contributed by atoms with E-state index in [-0.39, 0.29) is 6.42 Å². The summed E-state index contributed by atoms with van der Waals surface area (Å²) >= 11 is 0. The molecule has 3 nitrogen and oxygen atoms in total. The van der Waals surface area contributed by atoms with Gasteiger partial charge in [0.2, 0.25) is 0 Å². The van der Waals surface area contributed by atoms with Gasteiger partial charge in [-0.05, 0) is 6.92 Å². The zero-order valence-corrected chi connectivity index (χ0v) is 8.12. The molecule has 0 aliphatic heterocycles. The summed E-state index contributed by atoms with van der Waals surface area (Å²) < 4.78 is 0. The lowest BCUT2D eigenvalue weighted by Gasteiger charge is -2.19. The van der Waals surface area contributed by atoms with Crippen molar-refractivity contribution in [3.63, 3.8) is 0 Å². The van der Waals surface area contributed by atoms with Crippen molar-refractivity contribution in [2.24, 2.45) is 0 Å². The lowest BCUT2D eigenvalue weighted by molar-refractivity contribution is -0.137. The van der Waals surface area contributed by atoms with E-state index >= 15 is 0 Å². The molecule has 1 N–H and O–H groups in total. The monoisotopic (exact) mass is 183 g/mol. The maximum Gasteiger partial charge on any atom is 0.304 e. The molecule has 0 fully saturated rings. The van der Waals surface area contributed by atoms with Crippen LogP contribution in [-0.2, 0) is 4.79 Å². The van der Waals surface area contributed by atoms with Crippen LogP contribution >= 0.6 is 0 Å². The summed E-state index contributed by atoms with van der Waals surface area (Å²) in [6.07, 6.45) is 1.94. The maximum atomic E-state index is 10.3. The highest BCUT2D eigenvalue weighted by Gasteiger charge is 2.05. The molecular formula is C10H17NO2. The van der Waals surface area contributed by atoms with Gasteiger partial charge in [-0.2, -0.15) is 0 Å². The molecule has 3 heteroatoms. The molecule has 0 radical (unpaired) electrons. The molecule has 0 bridgehead atoms. The van der Waals surface area contributed by atoms with Crippen LogP contribution in [0.25, 0.3) is 0 Å². The van der Waals surface area contributed by atoms with Crippen LogP contribution < -0.4 is 0 Å². The van der Waals surface area contributed by atoms with Gasteiger partial charge in [-0.3, -0.25) is 9.69 Å². The van der Waals surface area contributed by atoms with Gasteiger partial charge >= 0.3 is 5.97 Å². The highest BCUT2D eigenvalue weighted by molar-refractivity contribution is 5.66. The van der Waals surface area contributed by atoms with Crippen molar-refractivity contribution in [1.82, 2.24) is 4.90 Å². The molecule has 0 aromatic heterocycles. The van der Waals surface area contributed by atoms with Crippen molar-refractivity contribution < 1.29 is 9.90 Å². The standard InChI is InChI=1S/C10H17NO2/c1-4-6-11(8-9(2)3)7-5-10(12)13/h4H,1-2,5-8H2,3H3,(H,12,13). The van der Waals surface area contributed by atoms with Crippen LogP contribution in [0.15, 0.2) is 24.8 Å². The Bertz CT molecular complexity index is 199. The number of rotatable bonds is 7. The predicted octanol–water partition coefficient (Wildman–Crippen LogP) is 1.53. The van der Waals surface area contributed by atoms with E-state index in [9.17, 15) is 4.79 Å². The first-order chi connectivity index (χ1) is 6.06. The molecule has 0 aliphatic carbocycles. The van der Waals surface area contributed by atoms with E-state index in [1.807, 2.05) is 11.8 Å². The molecule has 0 heterocycles. The number of carbonyl (C=O) groups is 1. The summed E-state index contributed by atoms with van der Waals surface area (Å²) in [4.78, 5) is 12.3. The summed E-state index contributed by atoms with van der Waals surface area (Å²) in [5.41, 5.74) is 1.03. The van der Waals surface area contributed by atoms with Crippen LogP contribution in [0.1, 0.15) is 13.3 Å². The van der Waals surface area contributed by atoms with Crippen LogP contribution in [0, 0.1) is 0 Å². The SMILES string of the molecule is C=CCN(CCC(=O)O)CC(=C)C. The Kier molecular flexibility index (Phi) is 5.89. The normalized spacial score (nSPS) is 10.0. The smallest absolute Gasteiger partial charge is 0.304 e. The quantitative estimate of drug-likeness (QED) is 0.608. The Morgan fingerprint density at radius 1 is 1.62 bits per heavy atom. The van der Waals surface area contributed by atoms with Crippen LogP contribution in [0.4, 0.5) is 0 Å². The number of hydrogen-bond acceptors (Lipinski definition) is 2. The molecule has 0 aromatic carbocycles. The molecule has 0 saturated carbocycles. The van der Waals surface area contributed by atoms with E-state index < -0.39 is 5.97 Å². The van der Waals surface area contributed by atoms with E-state index in [1.165, 1.54) is 0 Å². The van der Waals surface area contributed by atoms with E-state index in [2.05, 4.69) is 13.2 Å². The summed E-state index contributed by atoms with van der Waals surface area (Å²) in [5.74, 6) is -0.768. The van der Waals surface area contributed by atoms with Crippen molar-refractivity contribution in [2.45, 2.75) is 13.3 Å². The molecule has 0 aliphatic rings. The fraction of sp³-hybridized carbons (Fsp3) is 0.500. The van der Waals surface area contributed by atoms with Crippen molar-refractivity contribution in [3.8, 4) is 0 Å². The molecule has 0 aromatic rings. The third-order valence-corrected chi connectivity index (χ3v) is 1.52. The average Bonchev–Trinajstić information content (AvgIpc) is 1.99. The Morgan fingerprint density at radius 2 is 2.23 bits per heavy atom. The average molecular weight is 183 g/mol. The van der Waals surface area contributed by atoms with Crippen molar-refractivity contribution in [2.75, 3.05) is 19.6 Å². The molecular weight excluding hydrogens is 166 g/mol. The third kappa shape index (κ3) is 7.28. The van der Waals surface area contributed by atoms with E-state index in [4.69, 9.17) is 5.11 Å². The van der Waals surface area contributed by atoms with Gasteiger partial charge in [-0.15, -0.1) is 6.58 Å². The highest BCUT2D eigenvalue weighted by Crippen LogP contribution is 1.97. The topological polar surface area (TPSA) is 40.5 Å². The minimum atomic E-state index is -0.768. The Morgan fingerprint density at radius 3 is 2.62 bits per heavy atom. The minimum Gasteiger partial charge on any atom is -0.481 e. The number of nitrogens with zero attached hydrogens (tertiary/aromatic N) is 1. The van der Waals surface area contributed by atoms with E-state index in [0.717, 1.165) is 12.1 Å². The molecule has 74 valence electrons. The maximum absolute atomic E-state index is 10.3. The van der Waals surface area contributed by atoms with Crippen molar-refractivity contribution >= 4 is 5.97 Å². The first-order valence-corrected chi connectivity index (χ1v) is 4.25. The molecule has 0 spiro atoms. The first kappa shape index (κ1) is 11.9. The summed E-state index contributed by atoms with van der Waals surface area (Å²) in [5, 5.41) is 8.49. The predicted molar refractivity (Wildman–Crippen MR) is 53.7 cm³/mol. The van der Waals surface area contributed by atoms with Gasteiger partial charge in [-0.1, -0.05) is 18.2 Å². The lowest BCUT2D eigenvalue weighted by Crippen LogP contribution is -2.28. The lowest BCUT2D eigenvalue weighted by atomic mass is 10.3. The van der Waals surface area contributed by atoms with Gasteiger partial charge in [0, 0.05) is 19.6 Å². The number of carboxylic acids is 1.